The predicted octanol–water partition coefficient (Wildman–Crippen LogP) is 3.70. The molecule has 3 aliphatic rings. The third-order valence-electron chi connectivity index (χ3n) is 9.86. The Morgan fingerprint density at radius 2 is 1.73 bits per heavy atom. The van der Waals surface area contributed by atoms with Gasteiger partial charge < -0.3 is 26.4 Å². The van der Waals surface area contributed by atoms with Gasteiger partial charge in [0.25, 0.3) is 0 Å². The molecule has 2 aliphatic heterocycles. The van der Waals surface area contributed by atoms with Crippen molar-refractivity contribution in [2.24, 2.45) is 17.8 Å². The molecule has 252 valence electrons. The molecule has 1 aromatic rings. The fourth-order valence-electron chi connectivity index (χ4n) is 7.08. The lowest BCUT2D eigenvalue weighted by molar-refractivity contribution is -0.133. The van der Waals surface area contributed by atoms with Crippen molar-refractivity contribution >= 4 is 29.5 Å². The van der Waals surface area contributed by atoms with Crippen LogP contribution >= 0.6 is 11.8 Å². The Kier molecular flexibility index (Phi) is 13.2. The average Bonchev–Trinajstić information content (AvgIpc) is 3.56. The first kappa shape index (κ1) is 35.7. The number of aliphatic hydroxyl groups excluding tert-OH is 1. The lowest BCUT2D eigenvalue weighted by Crippen LogP contribution is -2.61. The maximum absolute atomic E-state index is 13.9. The fourth-order valence-corrected chi connectivity index (χ4v) is 8.11. The zero-order valence-electron chi connectivity index (χ0n) is 28.0. The highest BCUT2D eigenvalue weighted by atomic mass is 32.2. The van der Waals surface area contributed by atoms with Crippen LogP contribution in [0.5, 0.6) is 0 Å². The second kappa shape index (κ2) is 16.6. The van der Waals surface area contributed by atoms with Crippen molar-refractivity contribution in [3.8, 4) is 0 Å². The van der Waals surface area contributed by atoms with Gasteiger partial charge in [0.05, 0.1) is 24.2 Å². The van der Waals surface area contributed by atoms with Crippen molar-refractivity contribution in [3.05, 3.63) is 30.3 Å². The van der Waals surface area contributed by atoms with Crippen LogP contribution in [0.3, 0.4) is 0 Å². The van der Waals surface area contributed by atoms with Gasteiger partial charge >= 0.3 is 0 Å². The summed E-state index contributed by atoms with van der Waals surface area (Å²) < 4.78 is 0. The summed E-state index contributed by atoms with van der Waals surface area (Å²) in [6.45, 7) is 11.8. The number of hydrogen-bond acceptors (Lipinski definition) is 7. The summed E-state index contributed by atoms with van der Waals surface area (Å²) in [5.74, 6) is 1.02. The summed E-state index contributed by atoms with van der Waals surface area (Å²) in [5.41, 5.74) is -0.350. The van der Waals surface area contributed by atoms with Crippen molar-refractivity contribution in [2.45, 2.75) is 127 Å². The second-order valence-corrected chi connectivity index (χ2v) is 15.7. The highest BCUT2D eigenvalue weighted by Gasteiger charge is 2.42. The van der Waals surface area contributed by atoms with Crippen LogP contribution < -0.4 is 21.3 Å². The number of fused-ring (bicyclic) bond motifs is 1. The van der Waals surface area contributed by atoms with Gasteiger partial charge in [-0.05, 0) is 82.9 Å². The molecule has 8 atom stereocenters. The van der Waals surface area contributed by atoms with E-state index < -0.39 is 18.2 Å². The molecule has 3 amide bonds. The standard InChI is InChI=1S/C35H57N5O4S/c1-6-23(2)31(38-32(42)27-17-12-18-36-27)34(44)37-28(22-45-26-15-8-7-9-16-26)30(41)21-40-20-25-14-11-10-13-24(25)19-29(40)33(43)39-35(3,4)5/h7-9,15-16,23-25,27-31,36,41H,6,10-14,17-22H2,1-5H3,(H,37,44)(H,38,42)(H,39,43). The number of thioether (sulfide) groups is 1. The van der Waals surface area contributed by atoms with Crippen molar-refractivity contribution in [1.29, 1.82) is 0 Å². The fraction of sp³-hybridized carbons (Fsp3) is 0.743. The van der Waals surface area contributed by atoms with Crippen LogP contribution in [-0.2, 0) is 14.4 Å². The number of β-amino-alcohol motifs (C(OH)–C–C–N with tert-alkyl or cyclic N) is 1. The average molecular weight is 644 g/mol. The molecule has 2 saturated heterocycles. The van der Waals surface area contributed by atoms with E-state index in [1.54, 1.807) is 11.8 Å². The molecular formula is C35H57N5O4S. The summed E-state index contributed by atoms with van der Waals surface area (Å²) in [6, 6.07) is 8.08. The largest absolute Gasteiger partial charge is 0.390 e. The first-order chi connectivity index (χ1) is 21.4. The molecule has 5 N–H and O–H groups in total. The molecule has 0 spiro atoms. The van der Waals surface area contributed by atoms with E-state index >= 15 is 0 Å². The molecule has 0 bridgehead atoms. The second-order valence-electron chi connectivity index (χ2n) is 14.6. The third-order valence-corrected chi connectivity index (χ3v) is 11.0. The smallest absolute Gasteiger partial charge is 0.243 e. The van der Waals surface area contributed by atoms with Crippen LogP contribution in [-0.4, -0.2) is 88.9 Å². The Balaban J connectivity index is 1.52. The van der Waals surface area contributed by atoms with E-state index in [2.05, 4.69) is 26.2 Å². The number of aliphatic hydroxyl groups is 1. The minimum atomic E-state index is -0.903. The summed E-state index contributed by atoms with van der Waals surface area (Å²) in [6.07, 6.45) is 7.06. The Hall–Kier alpha value is -2.14. The van der Waals surface area contributed by atoms with Gasteiger partial charge in [0.2, 0.25) is 17.7 Å². The Labute approximate surface area is 274 Å². The molecule has 1 aliphatic carbocycles. The van der Waals surface area contributed by atoms with Crippen molar-refractivity contribution in [3.63, 3.8) is 0 Å². The Morgan fingerprint density at radius 3 is 2.38 bits per heavy atom. The van der Waals surface area contributed by atoms with E-state index in [1.165, 1.54) is 12.8 Å². The van der Waals surface area contributed by atoms with Gasteiger partial charge in [-0.3, -0.25) is 19.3 Å². The minimum Gasteiger partial charge on any atom is -0.390 e. The first-order valence-corrected chi connectivity index (χ1v) is 18.2. The molecule has 0 aromatic heterocycles. The maximum Gasteiger partial charge on any atom is 0.243 e. The van der Waals surface area contributed by atoms with E-state index in [0.717, 1.165) is 56.5 Å². The summed E-state index contributed by atoms with van der Waals surface area (Å²) in [5, 5.41) is 24.4. The summed E-state index contributed by atoms with van der Waals surface area (Å²) in [7, 11) is 0. The highest BCUT2D eigenvalue weighted by Crippen LogP contribution is 2.39. The molecule has 2 heterocycles. The Morgan fingerprint density at radius 1 is 1.02 bits per heavy atom. The number of nitrogens with one attached hydrogen (secondary N) is 4. The predicted molar refractivity (Wildman–Crippen MR) is 181 cm³/mol. The number of hydrogen-bond donors (Lipinski definition) is 5. The number of carbonyl (C=O) groups excluding carboxylic acids is 3. The number of nitrogens with zero attached hydrogens (tertiary/aromatic N) is 1. The number of rotatable bonds is 13. The lowest BCUT2D eigenvalue weighted by Gasteiger charge is -2.47. The van der Waals surface area contributed by atoms with Crippen LogP contribution in [0.1, 0.15) is 86.0 Å². The minimum absolute atomic E-state index is 0.0121. The van der Waals surface area contributed by atoms with Gasteiger partial charge in [-0.25, -0.2) is 0 Å². The molecule has 9 nitrogen and oxygen atoms in total. The van der Waals surface area contributed by atoms with Gasteiger partial charge in [-0.15, -0.1) is 11.8 Å². The van der Waals surface area contributed by atoms with Gasteiger partial charge in [-0.1, -0.05) is 57.7 Å². The Bertz CT molecular complexity index is 1110. The monoisotopic (exact) mass is 643 g/mol. The number of carbonyl (C=O) groups is 3. The molecule has 1 aromatic carbocycles. The van der Waals surface area contributed by atoms with Crippen LogP contribution in [0.2, 0.25) is 0 Å². The topological polar surface area (TPSA) is 123 Å². The zero-order valence-corrected chi connectivity index (χ0v) is 28.8. The molecule has 8 unspecified atom stereocenters. The van der Waals surface area contributed by atoms with Crippen LogP contribution in [0.15, 0.2) is 35.2 Å². The maximum atomic E-state index is 13.9. The summed E-state index contributed by atoms with van der Waals surface area (Å²) >= 11 is 1.58. The van der Waals surface area contributed by atoms with Crippen LogP contribution in [0.4, 0.5) is 0 Å². The third kappa shape index (κ3) is 10.4. The van der Waals surface area contributed by atoms with Gasteiger partial charge in [0.15, 0.2) is 0 Å². The van der Waals surface area contributed by atoms with E-state index in [1.807, 2.05) is 65.0 Å². The highest BCUT2D eigenvalue weighted by molar-refractivity contribution is 7.99. The van der Waals surface area contributed by atoms with Gasteiger partial charge in [0.1, 0.15) is 6.04 Å². The molecule has 3 fully saturated rings. The number of benzene rings is 1. The van der Waals surface area contributed by atoms with E-state index in [-0.39, 0.29) is 47.8 Å². The molecule has 4 rings (SSSR count). The molecule has 45 heavy (non-hydrogen) atoms. The quantitative estimate of drug-likeness (QED) is 0.208. The van der Waals surface area contributed by atoms with E-state index in [0.29, 0.717) is 17.6 Å². The van der Waals surface area contributed by atoms with Gasteiger partial charge in [-0.2, -0.15) is 0 Å². The molecule has 10 heteroatoms. The van der Waals surface area contributed by atoms with Crippen molar-refractivity contribution in [2.75, 3.05) is 25.4 Å². The van der Waals surface area contributed by atoms with Crippen LogP contribution in [0, 0.1) is 17.8 Å². The zero-order chi connectivity index (χ0) is 32.6. The normalized spacial score (nSPS) is 26.6. The first-order valence-electron chi connectivity index (χ1n) is 17.2. The van der Waals surface area contributed by atoms with E-state index in [9.17, 15) is 19.5 Å². The molecule has 0 radical (unpaired) electrons. The van der Waals surface area contributed by atoms with Crippen molar-refractivity contribution < 1.29 is 19.5 Å². The molecule has 1 saturated carbocycles. The van der Waals surface area contributed by atoms with Crippen LogP contribution in [0.25, 0.3) is 0 Å². The molecular weight excluding hydrogens is 586 g/mol. The number of likely N-dealkylation sites (tertiary alicyclic amines) is 1. The lowest BCUT2D eigenvalue weighted by atomic mass is 9.72. The SMILES string of the molecule is CCC(C)C(NC(=O)C1CCCN1)C(=O)NC(CSc1ccccc1)C(O)CN1CC2CCCCC2CC1C(=O)NC(C)(C)C. The van der Waals surface area contributed by atoms with Crippen molar-refractivity contribution in [1.82, 2.24) is 26.2 Å². The summed E-state index contributed by atoms with van der Waals surface area (Å²) in [4.78, 5) is 43.7. The number of piperidine rings is 1. The van der Waals surface area contributed by atoms with E-state index in [4.69, 9.17) is 0 Å². The number of amides is 3. The van der Waals surface area contributed by atoms with Gasteiger partial charge in [0, 0.05) is 29.3 Å².